The Kier molecular flexibility index (Phi) is 7.07. The fraction of sp³-hybridized carbons (Fsp3) is 0.923. The van der Waals surface area contributed by atoms with Crippen LogP contribution in [-0.2, 0) is 4.74 Å². The number of ether oxygens (including phenoxy) is 1. The Morgan fingerprint density at radius 3 is 2.83 bits per heavy atom. The Morgan fingerprint density at radius 2 is 2.28 bits per heavy atom. The Morgan fingerprint density at radius 1 is 1.56 bits per heavy atom. The van der Waals surface area contributed by atoms with Crippen LogP contribution in [0.5, 0.6) is 0 Å². The number of rotatable bonds is 7. The van der Waals surface area contributed by atoms with Crippen molar-refractivity contribution in [3.8, 4) is 0 Å². The molecule has 0 aromatic carbocycles. The van der Waals surface area contributed by atoms with Crippen molar-refractivity contribution in [1.82, 2.24) is 9.80 Å². The molecule has 18 heavy (non-hydrogen) atoms. The summed E-state index contributed by atoms with van der Waals surface area (Å²) in [5, 5.41) is 0. The molecule has 5 heteroatoms. The first-order valence-electron chi connectivity index (χ1n) is 6.89. The van der Waals surface area contributed by atoms with E-state index in [1.165, 1.54) is 0 Å². The minimum atomic E-state index is 0.312. The van der Waals surface area contributed by atoms with Crippen LogP contribution in [0, 0.1) is 0 Å². The van der Waals surface area contributed by atoms with E-state index in [1.807, 2.05) is 0 Å². The van der Waals surface area contributed by atoms with Crippen LogP contribution >= 0.6 is 12.2 Å². The van der Waals surface area contributed by atoms with Gasteiger partial charge in [-0.05, 0) is 20.4 Å². The highest BCUT2D eigenvalue weighted by atomic mass is 32.1. The van der Waals surface area contributed by atoms with Gasteiger partial charge < -0.3 is 15.4 Å². The molecule has 0 aromatic heterocycles. The highest BCUT2D eigenvalue weighted by Gasteiger charge is 2.23. The number of hydrogen-bond donors (Lipinski definition) is 1. The number of thiocarbonyl (C=S) groups is 1. The Hall–Kier alpha value is -0.230. The van der Waals surface area contributed by atoms with Crippen LogP contribution in [-0.4, -0.2) is 66.3 Å². The van der Waals surface area contributed by atoms with Crippen molar-refractivity contribution in [2.75, 3.05) is 39.3 Å². The molecule has 4 nitrogen and oxygen atoms in total. The van der Waals surface area contributed by atoms with E-state index in [0.29, 0.717) is 17.1 Å². The molecule has 106 valence electrons. The Balaban J connectivity index is 2.36. The van der Waals surface area contributed by atoms with Crippen LogP contribution in [0.4, 0.5) is 0 Å². The molecule has 1 atom stereocenters. The Bertz CT molecular complexity index is 261. The monoisotopic (exact) mass is 273 g/mol. The summed E-state index contributed by atoms with van der Waals surface area (Å²) in [7, 11) is 0. The van der Waals surface area contributed by atoms with Gasteiger partial charge in [0.25, 0.3) is 0 Å². The lowest BCUT2D eigenvalue weighted by Gasteiger charge is -2.37. The molecule has 1 aliphatic rings. The largest absolute Gasteiger partial charge is 0.393 e. The fourth-order valence-electron chi connectivity index (χ4n) is 2.26. The van der Waals surface area contributed by atoms with Gasteiger partial charge in [-0.25, -0.2) is 0 Å². The first-order chi connectivity index (χ1) is 8.52. The summed E-state index contributed by atoms with van der Waals surface area (Å²) < 4.78 is 5.85. The van der Waals surface area contributed by atoms with Gasteiger partial charge in [-0.2, -0.15) is 0 Å². The van der Waals surface area contributed by atoms with Crippen LogP contribution in [0.25, 0.3) is 0 Å². The molecule has 1 fully saturated rings. The summed E-state index contributed by atoms with van der Waals surface area (Å²) >= 11 is 4.93. The molecule has 2 N–H and O–H groups in total. The second-order valence-corrected chi connectivity index (χ2v) is 5.72. The Labute approximate surface area is 116 Å². The second kappa shape index (κ2) is 8.04. The van der Waals surface area contributed by atoms with Crippen molar-refractivity contribution < 1.29 is 4.74 Å². The zero-order valence-electron chi connectivity index (χ0n) is 11.9. The van der Waals surface area contributed by atoms with E-state index < -0.39 is 0 Å². The van der Waals surface area contributed by atoms with Crippen molar-refractivity contribution in [2.45, 2.75) is 39.3 Å². The van der Waals surface area contributed by atoms with Crippen LogP contribution in [0.2, 0.25) is 0 Å². The standard InChI is InChI=1S/C13H27N3OS/c1-4-15(6-5-13(14)18)9-12-10-16(11(2)3)7-8-17-12/h11-12H,4-10H2,1-3H3,(H2,14,18). The van der Waals surface area contributed by atoms with Gasteiger partial charge in [0.15, 0.2) is 0 Å². The lowest BCUT2D eigenvalue weighted by Crippen LogP contribution is -2.50. The maximum absolute atomic E-state index is 5.85. The number of likely N-dealkylation sites (N-methyl/N-ethyl adjacent to an activating group) is 1. The van der Waals surface area contributed by atoms with Gasteiger partial charge in [-0.3, -0.25) is 4.90 Å². The molecule has 1 unspecified atom stereocenters. The average Bonchev–Trinajstić information content (AvgIpc) is 2.34. The highest BCUT2D eigenvalue weighted by Crippen LogP contribution is 2.10. The van der Waals surface area contributed by atoms with Gasteiger partial charge in [-0.1, -0.05) is 19.1 Å². The molecule has 0 aliphatic carbocycles. The maximum Gasteiger partial charge on any atom is 0.0829 e. The topological polar surface area (TPSA) is 41.7 Å². The number of nitrogens with two attached hydrogens (primary N) is 1. The van der Waals surface area contributed by atoms with Gasteiger partial charge in [0.1, 0.15) is 0 Å². The summed E-state index contributed by atoms with van der Waals surface area (Å²) in [4.78, 5) is 5.45. The van der Waals surface area contributed by atoms with E-state index in [1.54, 1.807) is 0 Å². The maximum atomic E-state index is 5.85. The van der Waals surface area contributed by atoms with Gasteiger partial charge in [0.05, 0.1) is 17.7 Å². The quantitative estimate of drug-likeness (QED) is 0.703. The van der Waals surface area contributed by atoms with Crippen molar-refractivity contribution >= 4 is 17.2 Å². The fourth-order valence-corrected chi connectivity index (χ4v) is 2.35. The van der Waals surface area contributed by atoms with Gasteiger partial charge in [0, 0.05) is 38.6 Å². The summed E-state index contributed by atoms with van der Waals surface area (Å²) in [6, 6.07) is 0.600. The third kappa shape index (κ3) is 5.61. The molecular formula is C13H27N3OS. The minimum absolute atomic E-state index is 0.312. The van der Waals surface area contributed by atoms with Gasteiger partial charge in [-0.15, -0.1) is 0 Å². The molecule has 0 bridgehead atoms. The molecular weight excluding hydrogens is 246 g/mol. The lowest BCUT2D eigenvalue weighted by atomic mass is 10.2. The molecule has 1 rings (SSSR count). The van der Waals surface area contributed by atoms with Gasteiger partial charge in [0.2, 0.25) is 0 Å². The van der Waals surface area contributed by atoms with E-state index in [2.05, 4.69) is 30.6 Å². The van der Waals surface area contributed by atoms with Crippen LogP contribution in [0.15, 0.2) is 0 Å². The molecule has 1 aliphatic heterocycles. The summed E-state index contributed by atoms with van der Waals surface area (Å²) in [6.45, 7) is 12.5. The summed E-state index contributed by atoms with van der Waals surface area (Å²) in [5.41, 5.74) is 5.56. The molecule has 1 saturated heterocycles. The molecule has 0 radical (unpaired) electrons. The van der Waals surface area contributed by atoms with Crippen LogP contribution < -0.4 is 5.73 Å². The normalized spacial score (nSPS) is 21.7. The van der Waals surface area contributed by atoms with Crippen molar-refractivity contribution in [2.24, 2.45) is 5.73 Å². The lowest BCUT2D eigenvalue weighted by molar-refractivity contribution is -0.0513. The highest BCUT2D eigenvalue weighted by molar-refractivity contribution is 7.80. The van der Waals surface area contributed by atoms with E-state index in [0.717, 1.165) is 45.8 Å². The van der Waals surface area contributed by atoms with Crippen LogP contribution in [0.3, 0.4) is 0 Å². The second-order valence-electron chi connectivity index (χ2n) is 5.19. The number of hydrogen-bond acceptors (Lipinski definition) is 4. The first-order valence-corrected chi connectivity index (χ1v) is 7.30. The SMILES string of the molecule is CCN(CCC(N)=S)CC1CN(C(C)C)CCO1. The van der Waals surface area contributed by atoms with E-state index in [9.17, 15) is 0 Å². The average molecular weight is 273 g/mol. The van der Waals surface area contributed by atoms with Crippen molar-refractivity contribution in [3.63, 3.8) is 0 Å². The van der Waals surface area contributed by atoms with Gasteiger partial charge >= 0.3 is 0 Å². The van der Waals surface area contributed by atoms with E-state index in [4.69, 9.17) is 22.7 Å². The summed E-state index contributed by atoms with van der Waals surface area (Å²) in [6.07, 6.45) is 1.11. The molecule has 0 spiro atoms. The molecule has 0 amide bonds. The third-order valence-corrected chi connectivity index (χ3v) is 3.69. The summed E-state index contributed by atoms with van der Waals surface area (Å²) in [5.74, 6) is 0. The van der Waals surface area contributed by atoms with Crippen molar-refractivity contribution in [3.05, 3.63) is 0 Å². The zero-order chi connectivity index (χ0) is 13.5. The molecule has 0 saturated carbocycles. The number of nitrogens with zero attached hydrogens (tertiary/aromatic N) is 2. The predicted octanol–water partition coefficient (Wildman–Crippen LogP) is 1.09. The molecule has 1 heterocycles. The molecule has 0 aromatic rings. The van der Waals surface area contributed by atoms with Crippen LogP contribution in [0.1, 0.15) is 27.2 Å². The first kappa shape index (κ1) is 15.8. The zero-order valence-corrected chi connectivity index (χ0v) is 12.7. The van der Waals surface area contributed by atoms with E-state index in [-0.39, 0.29) is 0 Å². The number of morpholine rings is 1. The van der Waals surface area contributed by atoms with Crippen molar-refractivity contribution in [1.29, 1.82) is 0 Å². The smallest absolute Gasteiger partial charge is 0.0829 e. The third-order valence-electron chi connectivity index (χ3n) is 3.48. The minimum Gasteiger partial charge on any atom is -0.393 e. The predicted molar refractivity (Wildman–Crippen MR) is 80.0 cm³/mol. The van der Waals surface area contributed by atoms with E-state index >= 15 is 0 Å².